The van der Waals surface area contributed by atoms with E-state index in [-0.39, 0.29) is 5.02 Å². The number of halogens is 2. The molecule has 5 nitrogen and oxygen atoms in total. The Kier molecular flexibility index (Phi) is 3.10. The lowest BCUT2D eigenvalue weighted by Crippen LogP contribution is -2.08. The minimum Gasteiger partial charge on any atom is -0.369 e. The molecule has 0 spiro atoms. The quantitative estimate of drug-likeness (QED) is 0.806. The second-order valence-corrected chi connectivity index (χ2v) is 4.98. The van der Waals surface area contributed by atoms with E-state index >= 15 is 0 Å². The van der Waals surface area contributed by atoms with Crippen LogP contribution < -0.4 is 5.73 Å². The van der Waals surface area contributed by atoms with Crippen LogP contribution in [0.4, 0.5) is 10.3 Å². The molecule has 0 aliphatic rings. The molecule has 2 aromatic heterocycles. The zero-order valence-corrected chi connectivity index (χ0v) is 11.6. The predicted octanol–water partition coefficient (Wildman–Crippen LogP) is 2.39. The molecule has 0 aliphatic carbocycles. The van der Waals surface area contributed by atoms with Crippen LogP contribution in [0.5, 0.6) is 0 Å². The van der Waals surface area contributed by atoms with Gasteiger partial charge in [0.2, 0.25) is 5.95 Å². The van der Waals surface area contributed by atoms with Gasteiger partial charge in [0.1, 0.15) is 5.82 Å². The molecule has 0 amide bonds. The molecule has 0 saturated carbocycles. The lowest BCUT2D eigenvalue weighted by Gasteiger charge is -2.07. The van der Waals surface area contributed by atoms with Gasteiger partial charge in [-0.3, -0.25) is 4.68 Å². The van der Waals surface area contributed by atoms with Crippen LogP contribution in [0.25, 0.3) is 11.0 Å². The number of hydrogen-bond donors (Lipinski definition) is 1. The fraction of sp³-hybridized carbons (Fsp3) is 0.231. The summed E-state index contributed by atoms with van der Waals surface area (Å²) in [6.07, 6.45) is 2.50. The van der Waals surface area contributed by atoms with E-state index in [0.717, 1.165) is 17.6 Å². The van der Waals surface area contributed by atoms with Crippen molar-refractivity contribution in [2.75, 3.05) is 5.73 Å². The summed E-state index contributed by atoms with van der Waals surface area (Å²) in [5, 5.41) is 4.19. The average Bonchev–Trinajstić information content (AvgIpc) is 2.92. The largest absolute Gasteiger partial charge is 0.369 e. The summed E-state index contributed by atoms with van der Waals surface area (Å²) in [6, 6.07) is 4.80. The van der Waals surface area contributed by atoms with Gasteiger partial charge < -0.3 is 10.3 Å². The van der Waals surface area contributed by atoms with Crippen molar-refractivity contribution in [1.29, 1.82) is 0 Å². The maximum Gasteiger partial charge on any atom is 0.201 e. The second kappa shape index (κ2) is 4.79. The van der Waals surface area contributed by atoms with Crippen LogP contribution in [0.15, 0.2) is 24.4 Å². The molecule has 0 aliphatic heterocycles. The SMILES string of the molecule is Cn1nccc1CCn1c(N)nc2cc(F)c(Cl)cc21. The number of aryl methyl sites for hydroxylation is 3. The Morgan fingerprint density at radius 1 is 1.40 bits per heavy atom. The van der Waals surface area contributed by atoms with Crippen LogP contribution in [-0.4, -0.2) is 19.3 Å². The normalized spacial score (nSPS) is 11.3. The highest BCUT2D eigenvalue weighted by atomic mass is 35.5. The van der Waals surface area contributed by atoms with Crippen LogP contribution in [-0.2, 0) is 20.0 Å². The predicted molar refractivity (Wildman–Crippen MR) is 76.0 cm³/mol. The summed E-state index contributed by atoms with van der Waals surface area (Å²) in [7, 11) is 1.89. The van der Waals surface area contributed by atoms with E-state index in [2.05, 4.69) is 10.1 Å². The molecule has 3 rings (SSSR count). The highest BCUT2D eigenvalue weighted by Crippen LogP contribution is 2.25. The Morgan fingerprint density at radius 2 is 2.20 bits per heavy atom. The molecule has 3 aromatic rings. The molecule has 7 heteroatoms. The van der Waals surface area contributed by atoms with Crippen LogP contribution in [0.1, 0.15) is 5.69 Å². The number of nitrogen functional groups attached to an aromatic ring is 1. The van der Waals surface area contributed by atoms with Crippen LogP contribution in [0, 0.1) is 5.82 Å². The van der Waals surface area contributed by atoms with Gasteiger partial charge >= 0.3 is 0 Å². The Balaban J connectivity index is 1.97. The minimum atomic E-state index is -0.490. The lowest BCUT2D eigenvalue weighted by atomic mass is 10.2. The lowest BCUT2D eigenvalue weighted by molar-refractivity contribution is 0.629. The van der Waals surface area contributed by atoms with Gasteiger partial charge in [-0.1, -0.05) is 11.6 Å². The van der Waals surface area contributed by atoms with Crippen molar-refractivity contribution in [2.45, 2.75) is 13.0 Å². The maximum absolute atomic E-state index is 13.4. The molecular weight excluding hydrogens is 281 g/mol. The summed E-state index contributed by atoms with van der Waals surface area (Å²) >= 11 is 5.82. The first-order valence-electron chi connectivity index (χ1n) is 6.14. The monoisotopic (exact) mass is 293 g/mol. The molecule has 2 N–H and O–H groups in total. The van der Waals surface area contributed by atoms with Crippen LogP contribution in [0.2, 0.25) is 5.02 Å². The third kappa shape index (κ3) is 2.12. The Labute approximate surface area is 119 Å². The zero-order valence-electron chi connectivity index (χ0n) is 10.8. The van der Waals surface area contributed by atoms with Crippen molar-refractivity contribution in [2.24, 2.45) is 7.05 Å². The first kappa shape index (κ1) is 12.9. The number of imidazole rings is 1. The Hall–Kier alpha value is -2.08. The summed E-state index contributed by atoms with van der Waals surface area (Å²) in [6.45, 7) is 0.629. The molecule has 0 saturated heterocycles. The van der Waals surface area contributed by atoms with Crippen LogP contribution in [0.3, 0.4) is 0 Å². The number of nitrogens with two attached hydrogens (primary N) is 1. The molecule has 0 bridgehead atoms. The van der Waals surface area contributed by atoms with E-state index in [1.807, 2.05) is 22.4 Å². The van der Waals surface area contributed by atoms with Gasteiger partial charge in [-0.15, -0.1) is 0 Å². The van der Waals surface area contributed by atoms with Gasteiger partial charge in [-0.05, 0) is 12.1 Å². The third-order valence-electron chi connectivity index (χ3n) is 3.33. The molecule has 0 fully saturated rings. The number of benzene rings is 1. The third-order valence-corrected chi connectivity index (χ3v) is 3.62. The van der Waals surface area contributed by atoms with Crippen molar-refractivity contribution in [3.8, 4) is 0 Å². The fourth-order valence-corrected chi connectivity index (χ4v) is 2.40. The maximum atomic E-state index is 13.4. The van der Waals surface area contributed by atoms with Crippen molar-refractivity contribution in [1.82, 2.24) is 19.3 Å². The van der Waals surface area contributed by atoms with E-state index in [1.165, 1.54) is 6.07 Å². The first-order chi connectivity index (χ1) is 9.56. The van der Waals surface area contributed by atoms with Gasteiger partial charge in [-0.2, -0.15) is 5.10 Å². The molecule has 0 atom stereocenters. The second-order valence-electron chi connectivity index (χ2n) is 4.57. The number of anilines is 1. The van der Waals surface area contributed by atoms with E-state index in [9.17, 15) is 4.39 Å². The van der Waals surface area contributed by atoms with Gasteiger partial charge in [0.25, 0.3) is 0 Å². The van der Waals surface area contributed by atoms with Gasteiger partial charge in [0.05, 0.1) is 16.1 Å². The van der Waals surface area contributed by atoms with E-state index in [0.29, 0.717) is 18.0 Å². The summed E-state index contributed by atoms with van der Waals surface area (Å²) in [5.41, 5.74) is 8.22. The number of fused-ring (bicyclic) bond motifs is 1. The highest BCUT2D eigenvalue weighted by molar-refractivity contribution is 6.31. The van der Waals surface area contributed by atoms with Gasteiger partial charge in [0, 0.05) is 38.0 Å². The van der Waals surface area contributed by atoms with Crippen molar-refractivity contribution in [3.05, 3.63) is 40.9 Å². The molecular formula is C13H13ClFN5. The van der Waals surface area contributed by atoms with E-state index in [4.69, 9.17) is 17.3 Å². The fourth-order valence-electron chi connectivity index (χ4n) is 2.25. The average molecular weight is 294 g/mol. The van der Waals surface area contributed by atoms with Crippen LogP contribution >= 0.6 is 11.6 Å². The summed E-state index contributed by atoms with van der Waals surface area (Å²) < 4.78 is 17.1. The molecule has 2 heterocycles. The van der Waals surface area contributed by atoms with E-state index < -0.39 is 5.82 Å². The smallest absolute Gasteiger partial charge is 0.201 e. The first-order valence-corrected chi connectivity index (χ1v) is 6.51. The number of aromatic nitrogens is 4. The summed E-state index contributed by atoms with van der Waals surface area (Å²) in [4.78, 5) is 4.16. The Bertz CT molecular complexity index is 777. The van der Waals surface area contributed by atoms with Gasteiger partial charge in [0.15, 0.2) is 0 Å². The molecule has 104 valence electrons. The molecule has 0 radical (unpaired) electrons. The van der Waals surface area contributed by atoms with Crippen molar-refractivity contribution in [3.63, 3.8) is 0 Å². The van der Waals surface area contributed by atoms with Gasteiger partial charge in [-0.25, -0.2) is 9.37 Å². The number of nitrogens with zero attached hydrogens (tertiary/aromatic N) is 4. The molecule has 0 unspecified atom stereocenters. The summed E-state index contributed by atoms with van der Waals surface area (Å²) in [5.74, 6) is -0.140. The number of hydrogen-bond acceptors (Lipinski definition) is 3. The molecule has 1 aromatic carbocycles. The Morgan fingerprint density at radius 3 is 2.90 bits per heavy atom. The topological polar surface area (TPSA) is 61.7 Å². The number of rotatable bonds is 3. The minimum absolute atomic E-state index is 0.0687. The molecule has 20 heavy (non-hydrogen) atoms. The standard InChI is InChI=1S/C13H13ClFN5/c1-19-8(2-4-17-19)3-5-20-12-6-9(14)10(15)7-11(12)18-13(20)16/h2,4,6-7H,3,5H2,1H3,(H2,16,18). The highest BCUT2D eigenvalue weighted by Gasteiger charge is 2.12. The van der Waals surface area contributed by atoms with Crippen molar-refractivity contribution >= 4 is 28.6 Å². The van der Waals surface area contributed by atoms with E-state index in [1.54, 1.807) is 12.3 Å². The van der Waals surface area contributed by atoms with Crippen molar-refractivity contribution < 1.29 is 4.39 Å². The zero-order chi connectivity index (χ0) is 14.3.